The summed E-state index contributed by atoms with van der Waals surface area (Å²) in [6.45, 7) is 1.85. The first kappa shape index (κ1) is 18.8. The summed E-state index contributed by atoms with van der Waals surface area (Å²) in [5, 5.41) is 1.22. The molecule has 30 heavy (non-hydrogen) atoms. The molecule has 1 saturated heterocycles. The van der Waals surface area contributed by atoms with Gasteiger partial charge in [-0.05, 0) is 66.2 Å². The number of aromatic amines is 1. The van der Waals surface area contributed by atoms with Gasteiger partial charge >= 0.3 is 0 Å². The van der Waals surface area contributed by atoms with Gasteiger partial charge in [0, 0.05) is 30.0 Å². The second-order valence-corrected chi connectivity index (χ2v) is 7.92. The minimum atomic E-state index is -0.254. The zero-order valence-corrected chi connectivity index (χ0v) is 16.7. The number of nitrogens with two attached hydrogens (primary N) is 1. The van der Waals surface area contributed by atoms with E-state index in [9.17, 15) is 4.39 Å². The number of aromatic nitrogens is 3. The smallest absolute Gasteiger partial charge is 0.220 e. The Morgan fingerprint density at radius 1 is 1.10 bits per heavy atom. The Bertz CT molecular complexity index is 1170. The van der Waals surface area contributed by atoms with E-state index in [-0.39, 0.29) is 17.8 Å². The maximum Gasteiger partial charge on any atom is 0.220 e. The van der Waals surface area contributed by atoms with Crippen LogP contribution in [0.5, 0.6) is 0 Å². The van der Waals surface area contributed by atoms with Crippen molar-refractivity contribution < 1.29 is 4.39 Å². The van der Waals surface area contributed by atoms with E-state index in [0.717, 1.165) is 54.7 Å². The van der Waals surface area contributed by atoms with Crippen LogP contribution in [0.1, 0.15) is 36.6 Å². The van der Waals surface area contributed by atoms with Crippen molar-refractivity contribution in [3.8, 4) is 11.1 Å². The van der Waals surface area contributed by atoms with Crippen molar-refractivity contribution in [2.75, 3.05) is 12.3 Å². The topological polar surface area (TPSA) is 70.8 Å². The van der Waals surface area contributed by atoms with Gasteiger partial charge in [0.1, 0.15) is 5.82 Å². The van der Waals surface area contributed by atoms with Gasteiger partial charge in [0.25, 0.3) is 0 Å². The molecule has 1 fully saturated rings. The van der Waals surface area contributed by atoms with Gasteiger partial charge in [-0.25, -0.2) is 14.4 Å². The summed E-state index contributed by atoms with van der Waals surface area (Å²) in [6, 6.07) is 15.3. The summed E-state index contributed by atoms with van der Waals surface area (Å²) in [5.74, 6) is 0.0197. The quantitative estimate of drug-likeness (QED) is 0.501. The first-order valence-corrected chi connectivity index (χ1v) is 10.4. The normalized spacial score (nSPS) is 17.4. The predicted octanol–water partition coefficient (Wildman–Crippen LogP) is 5.07. The number of H-pyrrole nitrogens is 1. The van der Waals surface area contributed by atoms with Crippen LogP contribution in [0.15, 0.2) is 60.9 Å². The molecule has 6 heteroatoms. The number of rotatable bonds is 4. The third-order valence-electron chi connectivity index (χ3n) is 5.92. The van der Waals surface area contributed by atoms with E-state index >= 15 is 0 Å². The highest BCUT2D eigenvalue weighted by Crippen LogP contribution is 2.37. The average molecular weight is 401 g/mol. The molecule has 0 spiro atoms. The summed E-state index contributed by atoms with van der Waals surface area (Å²) in [7, 11) is 0. The lowest BCUT2D eigenvalue weighted by Crippen LogP contribution is -2.34. The number of piperidine rings is 1. The van der Waals surface area contributed by atoms with Gasteiger partial charge < -0.3 is 10.7 Å². The van der Waals surface area contributed by atoms with Crippen molar-refractivity contribution in [3.05, 3.63) is 78.0 Å². The van der Waals surface area contributed by atoms with Gasteiger partial charge in [-0.15, -0.1) is 0 Å². The number of benzene rings is 2. The van der Waals surface area contributed by atoms with Crippen LogP contribution in [0, 0.1) is 5.82 Å². The molecule has 0 saturated carbocycles. The van der Waals surface area contributed by atoms with Gasteiger partial charge in [-0.3, -0.25) is 4.90 Å². The average Bonchev–Trinajstić information content (AvgIpc) is 3.23. The van der Waals surface area contributed by atoms with E-state index in [2.05, 4.69) is 44.1 Å². The molecule has 5 rings (SSSR count). The Labute approximate surface area is 174 Å². The maximum absolute atomic E-state index is 13.5. The number of hydrogen-bond donors (Lipinski definition) is 2. The fraction of sp³-hybridized carbons (Fsp3) is 0.250. The Balaban J connectivity index is 1.50. The fourth-order valence-electron chi connectivity index (χ4n) is 4.44. The molecule has 1 aliphatic rings. The first-order valence-electron chi connectivity index (χ1n) is 10.4. The maximum atomic E-state index is 13.5. The summed E-state index contributed by atoms with van der Waals surface area (Å²) >= 11 is 0. The molecule has 1 unspecified atom stereocenters. The van der Waals surface area contributed by atoms with Crippen LogP contribution < -0.4 is 5.73 Å². The second kappa shape index (κ2) is 7.88. The molecule has 2 aromatic carbocycles. The molecule has 1 atom stereocenters. The van der Waals surface area contributed by atoms with E-state index in [0.29, 0.717) is 0 Å². The molecule has 3 heterocycles. The van der Waals surface area contributed by atoms with Gasteiger partial charge in [-0.1, -0.05) is 24.6 Å². The van der Waals surface area contributed by atoms with E-state index < -0.39 is 0 Å². The Hall–Kier alpha value is -3.25. The van der Waals surface area contributed by atoms with Crippen LogP contribution in [0.3, 0.4) is 0 Å². The zero-order chi connectivity index (χ0) is 20.5. The van der Waals surface area contributed by atoms with Gasteiger partial charge in [0.2, 0.25) is 5.95 Å². The SMILES string of the molecule is Nc1ncc(-c2ccc(F)cc2)c(C2CCCCN2Cc2ccc3[nH]ccc3c2)n1. The molecule has 1 aliphatic heterocycles. The standard InChI is InChI=1S/C24H24FN5/c25-19-7-5-17(6-8-19)20-14-28-24(26)29-23(20)22-3-1-2-12-30(22)15-16-4-9-21-18(13-16)10-11-27-21/h4-11,13-14,22,27H,1-3,12,15H2,(H2,26,28,29). The second-order valence-electron chi connectivity index (χ2n) is 7.92. The number of nitrogen functional groups attached to an aromatic ring is 1. The van der Waals surface area contributed by atoms with Gasteiger partial charge in [-0.2, -0.15) is 0 Å². The van der Waals surface area contributed by atoms with Crippen molar-refractivity contribution in [1.82, 2.24) is 19.9 Å². The van der Waals surface area contributed by atoms with E-state index in [4.69, 9.17) is 5.73 Å². The summed E-state index contributed by atoms with van der Waals surface area (Å²) in [5.41, 5.74) is 11.2. The number of hydrogen-bond acceptors (Lipinski definition) is 4. The lowest BCUT2D eigenvalue weighted by molar-refractivity contribution is 0.138. The molecule has 152 valence electrons. The molecule has 0 radical (unpaired) electrons. The number of nitrogens with zero attached hydrogens (tertiary/aromatic N) is 3. The van der Waals surface area contributed by atoms with Gasteiger partial charge in [0.05, 0.1) is 11.7 Å². The van der Waals surface area contributed by atoms with Crippen molar-refractivity contribution in [3.63, 3.8) is 0 Å². The zero-order valence-electron chi connectivity index (χ0n) is 16.7. The molecule has 0 aliphatic carbocycles. The fourth-order valence-corrected chi connectivity index (χ4v) is 4.44. The van der Waals surface area contributed by atoms with E-state index in [1.54, 1.807) is 18.3 Å². The van der Waals surface area contributed by atoms with Crippen LogP contribution in [-0.2, 0) is 6.54 Å². The van der Waals surface area contributed by atoms with Crippen molar-refractivity contribution in [2.24, 2.45) is 0 Å². The molecule has 4 aromatic rings. The molecule has 0 bridgehead atoms. The van der Waals surface area contributed by atoms with E-state index in [1.807, 2.05) is 6.20 Å². The minimum absolute atomic E-state index is 0.144. The molecule has 0 amide bonds. The number of likely N-dealkylation sites (tertiary alicyclic amines) is 1. The number of halogens is 1. The molecular formula is C24H24FN5. The predicted molar refractivity (Wildman–Crippen MR) is 117 cm³/mol. The number of nitrogens with one attached hydrogen (secondary N) is 1. The molecule has 2 aromatic heterocycles. The first-order chi connectivity index (χ1) is 14.7. The number of fused-ring (bicyclic) bond motifs is 1. The monoisotopic (exact) mass is 401 g/mol. The number of anilines is 1. The highest BCUT2D eigenvalue weighted by molar-refractivity contribution is 5.79. The van der Waals surface area contributed by atoms with Crippen molar-refractivity contribution in [2.45, 2.75) is 31.8 Å². The highest BCUT2D eigenvalue weighted by Gasteiger charge is 2.28. The summed E-state index contributed by atoms with van der Waals surface area (Å²) in [4.78, 5) is 14.6. The third kappa shape index (κ3) is 3.66. The summed E-state index contributed by atoms with van der Waals surface area (Å²) < 4.78 is 13.5. The molecular weight excluding hydrogens is 377 g/mol. The van der Waals surface area contributed by atoms with Crippen molar-refractivity contribution >= 4 is 16.9 Å². The lowest BCUT2D eigenvalue weighted by atomic mass is 9.93. The van der Waals surface area contributed by atoms with Crippen LogP contribution >= 0.6 is 0 Å². The Morgan fingerprint density at radius 2 is 1.97 bits per heavy atom. The summed E-state index contributed by atoms with van der Waals surface area (Å²) in [6.07, 6.45) is 7.05. The molecule has 3 N–H and O–H groups in total. The highest BCUT2D eigenvalue weighted by atomic mass is 19.1. The van der Waals surface area contributed by atoms with Crippen molar-refractivity contribution in [1.29, 1.82) is 0 Å². The Morgan fingerprint density at radius 3 is 2.83 bits per heavy atom. The van der Waals surface area contributed by atoms with Crippen LogP contribution in [0.25, 0.3) is 22.0 Å². The minimum Gasteiger partial charge on any atom is -0.368 e. The van der Waals surface area contributed by atoms with Gasteiger partial charge in [0.15, 0.2) is 0 Å². The largest absolute Gasteiger partial charge is 0.368 e. The Kier molecular flexibility index (Phi) is 4.93. The van der Waals surface area contributed by atoms with Crippen LogP contribution in [0.2, 0.25) is 0 Å². The van der Waals surface area contributed by atoms with Crippen LogP contribution in [0.4, 0.5) is 10.3 Å². The lowest BCUT2D eigenvalue weighted by Gasteiger charge is -2.36. The molecule has 5 nitrogen and oxygen atoms in total. The third-order valence-corrected chi connectivity index (χ3v) is 5.92. The van der Waals surface area contributed by atoms with E-state index in [1.165, 1.54) is 23.1 Å². The van der Waals surface area contributed by atoms with Crippen LogP contribution in [-0.4, -0.2) is 26.4 Å².